The maximum atomic E-state index is 12.8. The Morgan fingerprint density at radius 2 is 1.89 bits per heavy atom. The van der Waals surface area contributed by atoms with Crippen molar-refractivity contribution in [2.24, 2.45) is 0 Å². The van der Waals surface area contributed by atoms with E-state index >= 15 is 0 Å². The second-order valence-corrected chi connectivity index (χ2v) is 6.41. The van der Waals surface area contributed by atoms with E-state index in [9.17, 15) is 9.59 Å². The number of hydrogen-bond donors (Lipinski definition) is 1. The first-order chi connectivity index (χ1) is 13.6. The molecule has 0 bridgehead atoms. The number of rotatable bonds is 6. The summed E-state index contributed by atoms with van der Waals surface area (Å²) in [6.07, 6.45) is 3.08. The van der Waals surface area contributed by atoms with Crippen molar-refractivity contribution in [1.82, 2.24) is 15.2 Å². The second-order valence-electron chi connectivity index (χ2n) is 6.41. The molecule has 28 heavy (non-hydrogen) atoms. The third-order valence-corrected chi connectivity index (χ3v) is 4.65. The molecule has 146 valence electrons. The molecule has 1 aromatic heterocycles. The Hall–Kier alpha value is -3.35. The minimum absolute atomic E-state index is 0.0884. The fraction of sp³-hybridized carbons (Fsp3) is 0.286. The molecule has 1 fully saturated rings. The van der Waals surface area contributed by atoms with Crippen LogP contribution in [0, 0.1) is 0 Å². The average Bonchev–Trinajstić information content (AvgIpc) is 2.77. The van der Waals surface area contributed by atoms with Crippen molar-refractivity contribution in [2.45, 2.75) is 0 Å². The van der Waals surface area contributed by atoms with E-state index in [1.165, 1.54) is 12.3 Å². The number of ether oxygens (including phenoxy) is 1. The molecule has 1 saturated heterocycles. The Kier molecular flexibility index (Phi) is 6.26. The van der Waals surface area contributed by atoms with Gasteiger partial charge in [0.1, 0.15) is 11.4 Å². The Labute approximate surface area is 164 Å². The predicted molar refractivity (Wildman–Crippen MR) is 108 cm³/mol. The summed E-state index contributed by atoms with van der Waals surface area (Å²) in [7, 11) is 1.65. The number of carbonyl (C=O) groups is 2. The normalized spacial score (nSPS) is 13.8. The van der Waals surface area contributed by atoms with Crippen LogP contribution in [-0.4, -0.2) is 61.5 Å². The van der Waals surface area contributed by atoms with Gasteiger partial charge >= 0.3 is 0 Å². The first-order valence-electron chi connectivity index (χ1n) is 9.16. The van der Waals surface area contributed by atoms with E-state index in [2.05, 4.69) is 21.8 Å². The van der Waals surface area contributed by atoms with E-state index in [0.717, 1.165) is 24.5 Å². The monoisotopic (exact) mass is 380 g/mol. The molecule has 2 amide bonds. The van der Waals surface area contributed by atoms with Crippen LogP contribution in [0.15, 0.2) is 55.3 Å². The maximum absolute atomic E-state index is 12.8. The van der Waals surface area contributed by atoms with E-state index in [4.69, 9.17) is 4.74 Å². The molecule has 7 heteroatoms. The van der Waals surface area contributed by atoms with Gasteiger partial charge in [-0.2, -0.15) is 0 Å². The fourth-order valence-corrected chi connectivity index (χ4v) is 3.09. The molecule has 1 aliphatic heterocycles. The summed E-state index contributed by atoms with van der Waals surface area (Å²) in [4.78, 5) is 33.0. The SMILES string of the molecule is C=CCNC(=O)c1cc(C(=O)N2CCN(c3ccc(OC)cc3)CC2)ccn1. The van der Waals surface area contributed by atoms with Crippen LogP contribution in [0.5, 0.6) is 5.75 Å². The molecule has 2 aromatic rings. The van der Waals surface area contributed by atoms with Gasteiger partial charge in [0.05, 0.1) is 7.11 Å². The molecule has 0 unspecified atom stereocenters. The van der Waals surface area contributed by atoms with Gasteiger partial charge in [0.25, 0.3) is 11.8 Å². The quantitative estimate of drug-likeness (QED) is 0.776. The largest absolute Gasteiger partial charge is 0.497 e. The van der Waals surface area contributed by atoms with E-state index < -0.39 is 0 Å². The van der Waals surface area contributed by atoms with Gasteiger partial charge in [0.2, 0.25) is 0 Å². The molecule has 0 aliphatic carbocycles. The number of nitrogens with zero attached hydrogens (tertiary/aromatic N) is 3. The minimum Gasteiger partial charge on any atom is -0.497 e. The summed E-state index contributed by atoms with van der Waals surface area (Å²) in [5.74, 6) is 0.414. The maximum Gasteiger partial charge on any atom is 0.270 e. The van der Waals surface area contributed by atoms with Crippen molar-refractivity contribution in [3.8, 4) is 5.75 Å². The Balaban J connectivity index is 1.61. The van der Waals surface area contributed by atoms with Gasteiger partial charge in [-0.3, -0.25) is 14.6 Å². The Bertz CT molecular complexity index is 843. The topological polar surface area (TPSA) is 74.8 Å². The lowest BCUT2D eigenvalue weighted by molar-refractivity contribution is 0.0746. The van der Waals surface area contributed by atoms with E-state index in [0.29, 0.717) is 25.2 Å². The number of hydrogen-bond acceptors (Lipinski definition) is 5. The third kappa shape index (κ3) is 4.49. The van der Waals surface area contributed by atoms with E-state index in [1.807, 2.05) is 24.3 Å². The minimum atomic E-state index is -0.320. The van der Waals surface area contributed by atoms with Crippen LogP contribution in [-0.2, 0) is 0 Å². The van der Waals surface area contributed by atoms with Crippen LogP contribution in [0.25, 0.3) is 0 Å². The molecule has 0 radical (unpaired) electrons. The zero-order valence-electron chi connectivity index (χ0n) is 15.9. The number of aromatic nitrogens is 1. The van der Waals surface area contributed by atoms with Crippen molar-refractivity contribution in [3.05, 3.63) is 66.5 Å². The second kappa shape index (κ2) is 9.03. The molecule has 1 aliphatic rings. The fourth-order valence-electron chi connectivity index (χ4n) is 3.09. The molecule has 3 rings (SSSR count). The first kappa shape index (κ1) is 19.4. The summed E-state index contributed by atoms with van der Waals surface area (Å²) in [6, 6.07) is 11.1. The lowest BCUT2D eigenvalue weighted by Gasteiger charge is -2.36. The number of carbonyl (C=O) groups excluding carboxylic acids is 2. The highest BCUT2D eigenvalue weighted by atomic mass is 16.5. The van der Waals surface area contributed by atoms with Gasteiger partial charge in [-0.1, -0.05) is 6.08 Å². The zero-order valence-corrected chi connectivity index (χ0v) is 15.9. The molecule has 0 spiro atoms. The van der Waals surface area contributed by atoms with Gasteiger partial charge in [0, 0.05) is 50.2 Å². The van der Waals surface area contributed by atoms with Gasteiger partial charge in [-0.25, -0.2) is 0 Å². The van der Waals surface area contributed by atoms with Gasteiger partial charge in [-0.15, -0.1) is 6.58 Å². The standard InChI is InChI=1S/C21H24N4O3/c1-3-9-23-20(26)19-15-16(8-10-22-19)21(27)25-13-11-24(12-14-25)17-4-6-18(28-2)7-5-17/h3-8,10,15H,1,9,11-14H2,2H3,(H,23,26). The van der Waals surface area contributed by atoms with Crippen LogP contribution in [0.1, 0.15) is 20.8 Å². The highest BCUT2D eigenvalue weighted by Gasteiger charge is 2.23. The van der Waals surface area contributed by atoms with Crippen LogP contribution in [0.3, 0.4) is 0 Å². The number of anilines is 1. The molecule has 2 heterocycles. The zero-order chi connectivity index (χ0) is 19.9. The number of benzene rings is 1. The number of methoxy groups -OCH3 is 1. The summed E-state index contributed by atoms with van der Waals surface area (Å²) in [5.41, 5.74) is 1.80. The van der Waals surface area contributed by atoms with Gasteiger partial charge in [0.15, 0.2) is 0 Å². The Morgan fingerprint density at radius 1 is 1.18 bits per heavy atom. The molecule has 1 N–H and O–H groups in total. The molecule has 0 saturated carbocycles. The first-order valence-corrected chi connectivity index (χ1v) is 9.16. The van der Waals surface area contributed by atoms with Crippen molar-refractivity contribution >= 4 is 17.5 Å². The van der Waals surface area contributed by atoms with Crippen LogP contribution in [0.2, 0.25) is 0 Å². The smallest absolute Gasteiger partial charge is 0.270 e. The summed E-state index contributed by atoms with van der Waals surface area (Å²) in [5, 5.41) is 2.67. The molecule has 7 nitrogen and oxygen atoms in total. The number of amides is 2. The van der Waals surface area contributed by atoms with E-state index in [1.54, 1.807) is 24.2 Å². The predicted octanol–water partition coefficient (Wildman–Crippen LogP) is 1.97. The van der Waals surface area contributed by atoms with Crippen molar-refractivity contribution in [3.63, 3.8) is 0 Å². The highest BCUT2D eigenvalue weighted by Crippen LogP contribution is 2.21. The lowest BCUT2D eigenvalue weighted by atomic mass is 10.1. The summed E-state index contributed by atoms with van der Waals surface area (Å²) in [6.45, 7) is 6.64. The third-order valence-electron chi connectivity index (χ3n) is 4.65. The van der Waals surface area contributed by atoms with Gasteiger partial charge in [-0.05, 0) is 36.4 Å². The average molecular weight is 380 g/mol. The van der Waals surface area contributed by atoms with E-state index in [-0.39, 0.29) is 17.5 Å². The molecular formula is C21H24N4O3. The van der Waals surface area contributed by atoms with Crippen molar-refractivity contribution in [2.75, 3.05) is 44.7 Å². The number of pyridine rings is 1. The molecule has 1 aromatic carbocycles. The number of nitrogens with one attached hydrogen (secondary N) is 1. The molecular weight excluding hydrogens is 356 g/mol. The summed E-state index contributed by atoms with van der Waals surface area (Å²) >= 11 is 0. The Morgan fingerprint density at radius 3 is 2.54 bits per heavy atom. The van der Waals surface area contributed by atoms with Crippen molar-refractivity contribution < 1.29 is 14.3 Å². The number of piperazine rings is 1. The molecule has 0 atom stereocenters. The van der Waals surface area contributed by atoms with Crippen molar-refractivity contribution in [1.29, 1.82) is 0 Å². The van der Waals surface area contributed by atoms with Gasteiger partial charge < -0.3 is 19.9 Å². The summed E-state index contributed by atoms with van der Waals surface area (Å²) < 4.78 is 5.19. The van der Waals surface area contributed by atoms with Crippen LogP contribution in [0.4, 0.5) is 5.69 Å². The highest BCUT2D eigenvalue weighted by molar-refractivity contribution is 5.98. The van der Waals surface area contributed by atoms with Crippen LogP contribution >= 0.6 is 0 Å². The lowest BCUT2D eigenvalue weighted by Crippen LogP contribution is -2.48. The van der Waals surface area contributed by atoms with Crippen LogP contribution < -0.4 is 15.0 Å².